The van der Waals surface area contributed by atoms with E-state index < -0.39 is 6.10 Å². The highest BCUT2D eigenvalue weighted by atomic mass is 16.6. The molecule has 0 saturated heterocycles. The molecule has 0 aliphatic rings. The average molecular weight is 783 g/mol. The van der Waals surface area contributed by atoms with Gasteiger partial charge < -0.3 is 14.2 Å². The van der Waals surface area contributed by atoms with Gasteiger partial charge in [-0.25, -0.2) is 0 Å². The van der Waals surface area contributed by atoms with Crippen molar-refractivity contribution in [3.05, 3.63) is 60.8 Å². The van der Waals surface area contributed by atoms with E-state index in [1.807, 2.05) is 0 Å². The van der Waals surface area contributed by atoms with Crippen molar-refractivity contribution >= 4 is 17.9 Å². The second-order valence-electron chi connectivity index (χ2n) is 15.3. The smallest absolute Gasteiger partial charge is 0.306 e. The van der Waals surface area contributed by atoms with E-state index in [1.54, 1.807) is 0 Å². The van der Waals surface area contributed by atoms with Gasteiger partial charge in [0.05, 0.1) is 0 Å². The summed E-state index contributed by atoms with van der Waals surface area (Å²) < 4.78 is 16.6. The van der Waals surface area contributed by atoms with Gasteiger partial charge >= 0.3 is 17.9 Å². The molecule has 0 N–H and O–H groups in total. The number of esters is 3. The second-order valence-corrected chi connectivity index (χ2v) is 15.3. The fourth-order valence-electron chi connectivity index (χ4n) is 6.30. The van der Waals surface area contributed by atoms with Gasteiger partial charge in [0, 0.05) is 19.3 Å². The monoisotopic (exact) mass is 783 g/mol. The maximum Gasteiger partial charge on any atom is 0.306 e. The Kier molecular flexibility index (Phi) is 42.5. The summed E-state index contributed by atoms with van der Waals surface area (Å²) in [7, 11) is 0. The van der Waals surface area contributed by atoms with E-state index in [-0.39, 0.29) is 37.5 Å². The minimum absolute atomic E-state index is 0.0895. The van der Waals surface area contributed by atoms with Gasteiger partial charge in [0.2, 0.25) is 0 Å². The van der Waals surface area contributed by atoms with Crippen LogP contribution in [0.25, 0.3) is 0 Å². The van der Waals surface area contributed by atoms with E-state index in [0.717, 1.165) is 77.0 Å². The van der Waals surface area contributed by atoms with Gasteiger partial charge in [-0.2, -0.15) is 0 Å². The number of rotatable bonds is 41. The third kappa shape index (κ3) is 42.3. The van der Waals surface area contributed by atoms with Gasteiger partial charge in [0.15, 0.2) is 6.10 Å². The zero-order chi connectivity index (χ0) is 40.8. The summed E-state index contributed by atoms with van der Waals surface area (Å²) in [6.45, 7) is 6.44. The number of allylic oxidation sites excluding steroid dienone is 10. The summed E-state index contributed by atoms with van der Waals surface area (Å²) >= 11 is 0. The molecule has 1 atom stereocenters. The molecule has 0 amide bonds. The van der Waals surface area contributed by atoms with Crippen LogP contribution in [0.4, 0.5) is 0 Å². The number of hydrogen-bond donors (Lipinski definition) is 0. The molecule has 0 radical (unpaired) electrons. The van der Waals surface area contributed by atoms with Crippen LogP contribution in [-0.4, -0.2) is 37.2 Å². The third-order valence-corrected chi connectivity index (χ3v) is 9.79. The summed E-state index contributed by atoms with van der Waals surface area (Å²) in [5.41, 5.74) is 0. The first kappa shape index (κ1) is 53.1. The lowest BCUT2D eigenvalue weighted by atomic mass is 10.0. The molecule has 0 saturated carbocycles. The number of ether oxygens (including phenoxy) is 3. The molecule has 56 heavy (non-hydrogen) atoms. The van der Waals surface area contributed by atoms with Crippen LogP contribution in [0, 0.1) is 0 Å². The fraction of sp³-hybridized carbons (Fsp3) is 0.740. The van der Waals surface area contributed by atoms with Gasteiger partial charge in [0.25, 0.3) is 0 Å². The van der Waals surface area contributed by atoms with Crippen LogP contribution in [0.3, 0.4) is 0 Å². The Hall–Kier alpha value is -2.89. The molecule has 0 aromatic rings. The van der Waals surface area contributed by atoms with Crippen molar-refractivity contribution in [1.29, 1.82) is 0 Å². The highest BCUT2D eigenvalue weighted by molar-refractivity contribution is 5.71. The van der Waals surface area contributed by atoms with Gasteiger partial charge in [-0.15, -0.1) is 0 Å². The average Bonchev–Trinajstić information content (AvgIpc) is 3.19. The Balaban J connectivity index is 4.43. The second kappa shape index (κ2) is 44.8. The number of carbonyl (C=O) groups excluding carboxylic acids is 3. The third-order valence-electron chi connectivity index (χ3n) is 9.79. The lowest BCUT2D eigenvalue weighted by Gasteiger charge is -2.18. The quantitative estimate of drug-likeness (QED) is 0.0266. The van der Waals surface area contributed by atoms with E-state index in [0.29, 0.717) is 19.3 Å². The highest BCUT2D eigenvalue weighted by Crippen LogP contribution is 2.14. The van der Waals surface area contributed by atoms with Gasteiger partial charge in [0.1, 0.15) is 13.2 Å². The first-order chi connectivity index (χ1) is 27.5. The van der Waals surface area contributed by atoms with E-state index >= 15 is 0 Å². The van der Waals surface area contributed by atoms with Crippen molar-refractivity contribution in [3.63, 3.8) is 0 Å². The van der Waals surface area contributed by atoms with Crippen LogP contribution >= 0.6 is 0 Å². The van der Waals surface area contributed by atoms with Crippen LogP contribution in [-0.2, 0) is 28.6 Å². The molecule has 1 unspecified atom stereocenters. The molecule has 0 bridgehead atoms. The van der Waals surface area contributed by atoms with Crippen molar-refractivity contribution < 1.29 is 28.6 Å². The zero-order valence-corrected chi connectivity index (χ0v) is 36.6. The number of carbonyl (C=O) groups is 3. The van der Waals surface area contributed by atoms with Crippen molar-refractivity contribution in [2.45, 2.75) is 226 Å². The van der Waals surface area contributed by atoms with Crippen LogP contribution in [0.5, 0.6) is 0 Å². The molecule has 6 nitrogen and oxygen atoms in total. The van der Waals surface area contributed by atoms with Crippen molar-refractivity contribution in [1.82, 2.24) is 0 Å². The molecule has 0 fully saturated rings. The number of unbranched alkanes of at least 4 members (excludes halogenated alkanes) is 20. The molecule has 322 valence electrons. The zero-order valence-electron chi connectivity index (χ0n) is 36.6. The number of hydrogen-bond acceptors (Lipinski definition) is 6. The van der Waals surface area contributed by atoms with Crippen LogP contribution in [0.15, 0.2) is 60.8 Å². The Bertz CT molecular complexity index is 1040. The molecular weight excluding hydrogens is 697 g/mol. The van der Waals surface area contributed by atoms with Crippen LogP contribution in [0.2, 0.25) is 0 Å². The standard InChI is InChI=1S/C50H86O6/c1-4-7-10-13-16-19-21-23-24-25-26-27-29-31-34-37-40-43-49(52)55-46-47(45-54-48(51)42-39-36-33-30-18-15-12-9-6-3)56-50(53)44-41-38-35-32-28-22-20-17-14-11-8-5-2/h7,10,16,19,23-24,26-27,31,34,47H,4-6,8-9,11-15,17-18,20-22,25,28-30,32-33,35-46H2,1-3H3/b10-7-,19-16-,24-23-,27-26-,34-31-. The Morgan fingerprint density at radius 3 is 1.09 bits per heavy atom. The fourth-order valence-corrected chi connectivity index (χ4v) is 6.30. The molecule has 6 heteroatoms. The van der Waals surface area contributed by atoms with E-state index in [4.69, 9.17) is 14.2 Å². The van der Waals surface area contributed by atoms with Gasteiger partial charge in [-0.05, 0) is 57.8 Å². The maximum atomic E-state index is 12.7. The Morgan fingerprint density at radius 1 is 0.375 bits per heavy atom. The topological polar surface area (TPSA) is 78.9 Å². The van der Waals surface area contributed by atoms with E-state index in [2.05, 4.69) is 81.5 Å². The summed E-state index contributed by atoms with van der Waals surface area (Å²) in [4.78, 5) is 37.7. The Labute approximate surface area is 345 Å². The Morgan fingerprint density at radius 2 is 0.696 bits per heavy atom. The molecule has 0 rings (SSSR count). The van der Waals surface area contributed by atoms with Crippen molar-refractivity contribution in [2.75, 3.05) is 13.2 Å². The van der Waals surface area contributed by atoms with E-state index in [1.165, 1.54) is 96.3 Å². The first-order valence-electron chi connectivity index (χ1n) is 23.3. The van der Waals surface area contributed by atoms with Gasteiger partial charge in [-0.1, -0.05) is 204 Å². The van der Waals surface area contributed by atoms with Gasteiger partial charge in [-0.3, -0.25) is 14.4 Å². The lowest BCUT2D eigenvalue weighted by molar-refractivity contribution is -0.167. The molecule has 0 spiro atoms. The van der Waals surface area contributed by atoms with Crippen molar-refractivity contribution in [3.8, 4) is 0 Å². The summed E-state index contributed by atoms with van der Waals surface area (Å²) in [6, 6.07) is 0. The maximum absolute atomic E-state index is 12.7. The molecule has 0 aliphatic heterocycles. The predicted molar refractivity (Wildman–Crippen MR) is 238 cm³/mol. The van der Waals surface area contributed by atoms with Crippen LogP contribution < -0.4 is 0 Å². The van der Waals surface area contributed by atoms with E-state index in [9.17, 15) is 14.4 Å². The van der Waals surface area contributed by atoms with Crippen LogP contribution in [0.1, 0.15) is 220 Å². The first-order valence-corrected chi connectivity index (χ1v) is 23.3. The molecule has 0 heterocycles. The molecule has 0 aromatic carbocycles. The largest absolute Gasteiger partial charge is 0.462 e. The summed E-state index contributed by atoms with van der Waals surface area (Å²) in [5.74, 6) is -0.953. The summed E-state index contributed by atoms with van der Waals surface area (Å²) in [5, 5.41) is 0. The predicted octanol–water partition coefficient (Wildman–Crippen LogP) is 14.9. The van der Waals surface area contributed by atoms with Crippen molar-refractivity contribution in [2.24, 2.45) is 0 Å². The SMILES string of the molecule is CC/C=C\C/C=C\C/C=C\C/C=C\C/C=C\CCCC(=O)OCC(COC(=O)CCCCCCCCCCC)OC(=O)CCCCCCCCCCCCCC. The minimum atomic E-state index is -0.790. The molecule has 0 aliphatic carbocycles. The highest BCUT2D eigenvalue weighted by Gasteiger charge is 2.19. The lowest BCUT2D eigenvalue weighted by Crippen LogP contribution is -2.30. The summed E-state index contributed by atoms with van der Waals surface area (Å²) in [6.07, 6.45) is 53.5. The molecular formula is C50H86O6. The minimum Gasteiger partial charge on any atom is -0.462 e. The molecule has 0 aromatic heterocycles. The normalized spacial score (nSPS) is 12.6.